The van der Waals surface area contributed by atoms with E-state index in [0.29, 0.717) is 27.8 Å². The highest BCUT2D eigenvalue weighted by Gasteiger charge is 2.07. The van der Waals surface area contributed by atoms with Crippen LogP contribution in [0.25, 0.3) is 6.08 Å². The molecule has 1 aromatic heterocycles. The predicted octanol–water partition coefficient (Wildman–Crippen LogP) is 3.70. The van der Waals surface area contributed by atoms with E-state index >= 15 is 0 Å². The van der Waals surface area contributed by atoms with Crippen LogP contribution in [-0.2, 0) is 18.4 Å². The maximum atomic E-state index is 12.8. The van der Waals surface area contributed by atoms with E-state index in [-0.39, 0.29) is 12.2 Å². The molecule has 2 N–H and O–H groups in total. The van der Waals surface area contributed by atoms with Crippen LogP contribution < -0.4 is 21.7 Å². The van der Waals surface area contributed by atoms with Gasteiger partial charge in [-0.1, -0.05) is 35.9 Å². The van der Waals surface area contributed by atoms with E-state index in [9.17, 15) is 14.4 Å². The van der Waals surface area contributed by atoms with Crippen molar-refractivity contribution in [1.82, 2.24) is 14.1 Å². The topological polar surface area (TPSA) is 119 Å². The zero-order valence-electron chi connectivity index (χ0n) is 19.1. The summed E-state index contributed by atoms with van der Waals surface area (Å²) >= 11 is 5.95. The van der Waals surface area contributed by atoms with Crippen LogP contribution in [0.1, 0.15) is 11.1 Å². The number of hydrogen-bond acceptors (Lipinski definition) is 5. The minimum Gasteiger partial charge on any atom is -0.478 e. The molecule has 182 valence electrons. The lowest BCUT2D eigenvalue weighted by Gasteiger charge is -2.09. The summed E-state index contributed by atoms with van der Waals surface area (Å²) in [7, 11) is 1.39. The minimum atomic E-state index is -1.03. The number of ether oxygens (including phenoxy) is 1. The number of nitrogens with one attached hydrogen (secondary N) is 1. The molecule has 0 fully saturated rings. The minimum absolute atomic E-state index is 0.102. The van der Waals surface area contributed by atoms with Crippen molar-refractivity contribution in [2.75, 3.05) is 0 Å². The van der Waals surface area contributed by atoms with Crippen LogP contribution >= 0.6 is 11.6 Å². The van der Waals surface area contributed by atoms with Gasteiger partial charge in [0.25, 0.3) is 0 Å². The van der Waals surface area contributed by atoms with E-state index in [1.54, 1.807) is 72.8 Å². The molecule has 0 amide bonds. The number of carbonyl (C=O) groups is 1. The van der Waals surface area contributed by atoms with Crippen LogP contribution in [-0.4, -0.2) is 25.2 Å². The van der Waals surface area contributed by atoms with Crippen molar-refractivity contribution in [3.8, 4) is 11.5 Å². The molecule has 0 bridgehead atoms. The summed E-state index contributed by atoms with van der Waals surface area (Å²) < 4.78 is 8.19. The fourth-order valence-corrected chi connectivity index (χ4v) is 3.43. The highest BCUT2D eigenvalue weighted by Crippen LogP contribution is 2.25. The number of halogens is 1. The maximum Gasteiger partial charge on any atom is 0.335 e. The Balaban J connectivity index is 1.62. The Morgan fingerprint density at radius 2 is 1.78 bits per heavy atom. The number of aliphatic carboxylic acids is 1. The van der Waals surface area contributed by atoms with Crippen molar-refractivity contribution in [2.24, 2.45) is 12.0 Å². The van der Waals surface area contributed by atoms with Gasteiger partial charge in [-0.25, -0.2) is 23.9 Å². The lowest BCUT2D eigenvalue weighted by molar-refractivity contribution is -0.131. The number of rotatable bonds is 7. The second-order valence-corrected chi connectivity index (χ2v) is 8.20. The molecule has 10 heteroatoms. The molecule has 4 rings (SSSR count). The Bertz CT molecular complexity index is 1610. The molecule has 0 aliphatic heterocycles. The molecule has 3 aromatic carbocycles. The fraction of sp³-hybridized carbons (Fsp3) is 0.0769. The molecule has 0 spiro atoms. The van der Waals surface area contributed by atoms with Gasteiger partial charge in [0.15, 0.2) is 0 Å². The number of benzene rings is 3. The monoisotopic (exact) mass is 504 g/mol. The Morgan fingerprint density at radius 3 is 2.47 bits per heavy atom. The SMILES string of the molecule is Cn1c(=O)[nH]/c(=N\c2ccc(Oc3cccc(/C=C/C(=O)O)c3)cc2)n(Cc2ccc(Cl)cc2)c1=O. The van der Waals surface area contributed by atoms with Crippen molar-refractivity contribution < 1.29 is 14.6 Å². The first kappa shape index (κ1) is 24.5. The molecular formula is C26H21ClN4O5. The van der Waals surface area contributed by atoms with Crippen molar-refractivity contribution >= 4 is 29.3 Å². The molecular weight excluding hydrogens is 484 g/mol. The van der Waals surface area contributed by atoms with Gasteiger partial charge in [0.1, 0.15) is 11.5 Å². The molecule has 0 saturated carbocycles. The second-order valence-electron chi connectivity index (χ2n) is 7.76. The zero-order chi connectivity index (χ0) is 25.7. The number of aromatic amines is 1. The normalized spacial score (nSPS) is 11.7. The van der Waals surface area contributed by atoms with Crippen LogP contribution in [0.3, 0.4) is 0 Å². The van der Waals surface area contributed by atoms with Gasteiger partial charge in [0.2, 0.25) is 5.62 Å². The molecule has 0 radical (unpaired) electrons. The van der Waals surface area contributed by atoms with Crippen molar-refractivity contribution in [3.63, 3.8) is 0 Å². The van der Waals surface area contributed by atoms with Crippen LogP contribution in [0.5, 0.6) is 11.5 Å². The lowest BCUT2D eigenvalue weighted by Crippen LogP contribution is -2.48. The van der Waals surface area contributed by atoms with Crippen LogP contribution in [0.4, 0.5) is 5.69 Å². The summed E-state index contributed by atoms with van der Waals surface area (Å²) in [4.78, 5) is 42.9. The van der Waals surface area contributed by atoms with Crippen LogP contribution in [0, 0.1) is 0 Å². The average molecular weight is 505 g/mol. The molecule has 0 unspecified atom stereocenters. The number of carboxylic acids is 1. The second kappa shape index (κ2) is 10.7. The summed E-state index contributed by atoms with van der Waals surface area (Å²) in [6.45, 7) is 0.188. The van der Waals surface area contributed by atoms with E-state index in [1.807, 2.05) is 0 Å². The van der Waals surface area contributed by atoms with E-state index < -0.39 is 17.3 Å². The predicted molar refractivity (Wildman–Crippen MR) is 136 cm³/mol. The van der Waals surface area contributed by atoms with E-state index in [0.717, 1.165) is 16.2 Å². The van der Waals surface area contributed by atoms with Gasteiger partial charge in [-0.3, -0.25) is 9.55 Å². The number of nitrogens with zero attached hydrogens (tertiary/aromatic N) is 3. The first-order valence-electron chi connectivity index (χ1n) is 10.8. The summed E-state index contributed by atoms with van der Waals surface area (Å²) in [6, 6.07) is 20.8. The first-order valence-corrected chi connectivity index (χ1v) is 11.1. The molecule has 1 heterocycles. The summed E-state index contributed by atoms with van der Waals surface area (Å²) in [5.41, 5.74) is 1.00. The van der Waals surface area contributed by atoms with Gasteiger partial charge in [-0.15, -0.1) is 0 Å². The van der Waals surface area contributed by atoms with Gasteiger partial charge in [0, 0.05) is 18.1 Å². The average Bonchev–Trinajstić information content (AvgIpc) is 2.86. The molecule has 9 nitrogen and oxygen atoms in total. The Kier molecular flexibility index (Phi) is 7.31. The number of H-pyrrole nitrogens is 1. The van der Waals surface area contributed by atoms with Gasteiger partial charge in [0.05, 0.1) is 12.2 Å². The van der Waals surface area contributed by atoms with Gasteiger partial charge in [-0.2, -0.15) is 0 Å². The van der Waals surface area contributed by atoms with Gasteiger partial charge >= 0.3 is 17.3 Å². The molecule has 0 atom stereocenters. The fourth-order valence-electron chi connectivity index (χ4n) is 3.31. The third kappa shape index (κ3) is 6.08. The standard InChI is InChI=1S/C26H21ClN4O5/c1-30-25(34)29-24(31(26(30)35)16-18-5-8-19(27)9-6-18)28-20-10-12-21(13-11-20)36-22-4-2-3-17(15-22)7-14-23(32)33/h2-15H,16H2,1H3,(H,32,33)(H,28,29,34)/b14-7+. The number of hydrogen-bond donors (Lipinski definition) is 2. The van der Waals surface area contributed by atoms with E-state index in [1.165, 1.54) is 17.7 Å². The zero-order valence-corrected chi connectivity index (χ0v) is 19.8. The molecule has 36 heavy (non-hydrogen) atoms. The summed E-state index contributed by atoms with van der Waals surface area (Å²) in [5, 5.41) is 9.36. The van der Waals surface area contributed by atoms with Gasteiger partial charge < -0.3 is 9.84 Å². The highest BCUT2D eigenvalue weighted by molar-refractivity contribution is 6.30. The molecule has 4 aromatic rings. The third-order valence-corrected chi connectivity index (χ3v) is 5.39. The molecule has 0 aliphatic carbocycles. The van der Waals surface area contributed by atoms with Crippen LogP contribution in [0.15, 0.2) is 93.5 Å². The van der Waals surface area contributed by atoms with Crippen molar-refractivity contribution in [1.29, 1.82) is 0 Å². The Hall–Kier alpha value is -4.63. The molecule has 0 aliphatic rings. The van der Waals surface area contributed by atoms with E-state index in [4.69, 9.17) is 21.4 Å². The van der Waals surface area contributed by atoms with E-state index in [2.05, 4.69) is 9.98 Å². The number of carboxylic acid groups (broad SMARTS) is 1. The Morgan fingerprint density at radius 1 is 1.06 bits per heavy atom. The Labute approximate surface area is 209 Å². The largest absolute Gasteiger partial charge is 0.478 e. The quantitative estimate of drug-likeness (QED) is 0.372. The molecule has 0 saturated heterocycles. The third-order valence-electron chi connectivity index (χ3n) is 5.13. The lowest BCUT2D eigenvalue weighted by atomic mass is 10.2. The maximum absolute atomic E-state index is 12.8. The van der Waals surface area contributed by atoms with Crippen molar-refractivity contribution in [3.05, 3.63) is 122 Å². The number of aromatic nitrogens is 3. The smallest absolute Gasteiger partial charge is 0.335 e. The summed E-state index contributed by atoms with van der Waals surface area (Å²) in [6.07, 6.45) is 2.53. The summed E-state index contributed by atoms with van der Waals surface area (Å²) in [5.74, 6) is 0.0245. The van der Waals surface area contributed by atoms with Crippen molar-refractivity contribution in [2.45, 2.75) is 6.54 Å². The highest BCUT2D eigenvalue weighted by atomic mass is 35.5. The first-order chi connectivity index (χ1) is 17.3. The van der Waals surface area contributed by atoms with Gasteiger partial charge in [-0.05, 0) is 65.7 Å². The van der Waals surface area contributed by atoms with Crippen LogP contribution in [0.2, 0.25) is 5.02 Å².